The Morgan fingerprint density at radius 2 is 2.29 bits per heavy atom. The Hall–Kier alpha value is -0.0897. The summed E-state index contributed by atoms with van der Waals surface area (Å²) in [5, 5.41) is 2.99. The molecule has 0 amide bonds. The van der Waals surface area contributed by atoms with Crippen LogP contribution in [0.15, 0.2) is 24.3 Å². The third-order valence-corrected chi connectivity index (χ3v) is 2.76. The zero-order valence-corrected chi connectivity index (χ0v) is 10.0. The van der Waals surface area contributed by atoms with E-state index < -0.39 is 11.8 Å². The predicted molar refractivity (Wildman–Crippen MR) is 50.3 cm³/mol. The minimum atomic E-state index is -2.60. The molecule has 1 saturated heterocycles. The maximum atomic E-state index is 13.5. The van der Waals surface area contributed by atoms with Crippen molar-refractivity contribution in [1.29, 1.82) is 0 Å². The van der Waals surface area contributed by atoms with Crippen LogP contribution in [-0.2, 0) is 20.6 Å². The zero-order chi connectivity index (χ0) is 10.6. The van der Waals surface area contributed by atoms with Crippen LogP contribution in [-0.4, -0.2) is 23.2 Å². The molecule has 1 aliphatic rings. The number of alkyl halides is 2. The molecule has 14 heavy (non-hydrogen) atoms. The topological polar surface area (TPSA) is 12.0 Å². The zero-order valence-electron chi connectivity index (χ0n) is 7.84. The standard InChI is InChI=1S/C10H13F2N.Nb/c1-3-8(4-2)9-7-13-6-5-10(9,11)12;/h1,3-4,9,13H,2,5-7H2;/b8-3+;/t9-;/m1./s1. The molecule has 0 spiro atoms. The van der Waals surface area contributed by atoms with Crippen molar-refractivity contribution in [3.8, 4) is 0 Å². The molecule has 0 unspecified atom stereocenters. The SMILES string of the molecule is C=C/C(=C\[CH]=[Nb])[C@H]1CNCCC1(F)F. The van der Waals surface area contributed by atoms with Gasteiger partial charge in [0, 0.05) is 0 Å². The van der Waals surface area contributed by atoms with Crippen LogP contribution in [0.5, 0.6) is 0 Å². The van der Waals surface area contributed by atoms with Crippen LogP contribution < -0.4 is 5.32 Å². The number of allylic oxidation sites excluding steroid dienone is 2. The van der Waals surface area contributed by atoms with Crippen molar-refractivity contribution in [2.45, 2.75) is 12.3 Å². The Bertz CT molecular complexity index is 261. The first kappa shape index (κ1) is 12.0. The molecule has 77 valence electrons. The van der Waals surface area contributed by atoms with Crippen LogP contribution in [0.2, 0.25) is 0 Å². The predicted octanol–water partition coefficient (Wildman–Crippen LogP) is 1.69. The van der Waals surface area contributed by atoms with Gasteiger partial charge in [0.05, 0.1) is 0 Å². The van der Waals surface area contributed by atoms with E-state index in [9.17, 15) is 8.78 Å². The molecule has 1 heterocycles. The molecule has 0 aromatic heterocycles. The molecule has 1 nitrogen and oxygen atoms in total. The van der Waals surface area contributed by atoms with Gasteiger partial charge in [-0.2, -0.15) is 0 Å². The van der Waals surface area contributed by atoms with E-state index in [-0.39, 0.29) is 6.42 Å². The number of nitrogens with one attached hydrogen (secondary N) is 1. The molecule has 4 heteroatoms. The van der Waals surface area contributed by atoms with Gasteiger partial charge in [0.25, 0.3) is 0 Å². The fourth-order valence-corrected chi connectivity index (χ4v) is 2.02. The summed E-state index contributed by atoms with van der Waals surface area (Å²) in [5.74, 6) is -3.32. The third kappa shape index (κ3) is 2.70. The molecule has 1 fully saturated rings. The van der Waals surface area contributed by atoms with Crippen LogP contribution in [0.25, 0.3) is 0 Å². The minimum absolute atomic E-state index is 0.0866. The molecular weight excluding hydrogens is 265 g/mol. The number of halogens is 2. The van der Waals surface area contributed by atoms with Crippen LogP contribution >= 0.6 is 0 Å². The maximum absolute atomic E-state index is 13.5. The summed E-state index contributed by atoms with van der Waals surface area (Å²) >= 11 is 1.48. The number of hydrogen-bond donors (Lipinski definition) is 1. The summed E-state index contributed by atoms with van der Waals surface area (Å²) in [7, 11) is 0. The van der Waals surface area contributed by atoms with Crippen molar-refractivity contribution >= 4 is 4.23 Å². The number of piperidine rings is 1. The van der Waals surface area contributed by atoms with Gasteiger partial charge in [-0.05, 0) is 0 Å². The molecule has 0 radical (unpaired) electrons. The van der Waals surface area contributed by atoms with E-state index in [1.807, 2.05) is 4.23 Å². The summed E-state index contributed by atoms with van der Waals surface area (Å²) < 4.78 is 28.8. The molecule has 1 atom stereocenters. The van der Waals surface area contributed by atoms with Crippen LogP contribution in [0.1, 0.15) is 6.42 Å². The van der Waals surface area contributed by atoms with Crippen molar-refractivity contribution in [1.82, 2.24) is 5.32 Å². The van der Waals surface area contributed by atoms with Crippen molar-refractivity contribution < 1.29 is 29.4 Å². The van der Waals surface area contributed by atoms with Gasteiger partial charge in [-0.3, -0.25) is 0 Å². The van der Waals surface area contributed by atoms with Gasteiger partial charge < -0.3 is 0 Å². The molecule has 1 rings (SSSR count). The molecular formula is C10H13F2NNb. The van der Waals surface area contributed by atoms with Gasteiger partial charge >= 0.3 is 94.6 Å². The second-order valence-electron chi connectivity index (χ2n) is 3.29. The van der Waals surface area contributed by atoms with Crippen LogP contribution in [0, 0.1) is 5.92 Å². The van der Waals surface area contributed by atoms with E-state index in [0.717, 1.165) is 0 Å². The van der Waals surface area contributed by atoms with Crippen LogP contribution in [0.4, 0.5) is 8.78 Å². The third-order valence-electron chi connectivity index (χ3n) is 2.40. The summed E-state index contributed by atoms with van der Waals surface area (Å²) in [6.07, 6.45) is 3.17. The summed E-state index contributed by atoms with van der Waals surface area (Å²) in [6.45, 7) is 4.31. The van der Waals surface area contributed by atoms with Gasteiger partial charge in [-0.1, -0.05) is 0 Å². The summed E-state index contributed by atoms with van der Waals surface area (Å²) in [4.78, 5) is 0. The van der Waals surface area contributed by atoms with Crippen molar-refractivity contribution in [3.05, 3.63) is 24.3 Å². The molecule has 0 aromatic rings. The van der Waals surface area contributed by atoms with Gasteiger partial charge in [-0.25, -0.2) is 0 Å². The Morgan fingerprint density at radius 3 is 2.79 bits per heavy atom. The average molecular weight is 278 g/mol. The monoisotopic (exact) mass is 278 g/mol. The molecule has 1 N–H and O–H groups in total. The molecule has 1 aliphatic heterocycles. The Labute approximate surface area is 94.7 Å². The van der Waals surface area contributed by atoms with Gasteiger partial charge in [0.15, 0.2) is 0 Å². The van der Waals surface area contributed by atoms with Gasteiger partial charge in [0.2, 0.25) is 0 Å². The molecule has 0 bridgehead atoms. The van der Waals surface area contributed by atoms with E-state index >= 15 is 0 Å². The number of hydrogen-bond acceptors (Lipinski definition) is 1. The van der Waals surface area contributed by atoms with E-state index in [1.54, 1.807) is 6.08 Å². The molecule has 0 aliphatic carbocycles. The first-order valence-electron chi connectivity index (χ1n) is 4.50. The van der Waals surface area contributed by atoms with Gasteiger partial charge in [-0.15, -0.1) is 0 Å². The Morgan fingerprint density at radius 1 is 1.57 bits per heavy atom. The second kappa shape index (κ2) is 5.12. The first-order chi connectivity index (χ1) is 6.61. The molecule has 0 aromatic carbocycles. The average Bonchev–Trinajstić information content (AvgIpc) is 2.14. The van der Waals surface area contributed by atoms with Crippen molar-refractivity contribution in [2.24, 2.45) is 5.92 Å². The first-order valence-corrected chi connectivity index (χ1v) is 5.77. The van der Waals surface area contributed by atoms with E-state index in [0.29, 0.717) is 18.7 Å². The van der Waals surface area contributed by atoms with E-state index in [4.69, 9.17) is 0 Å². The Kier molecular flexibility index (Phi) is 4.38. The summed E-state index contributed by atoms with van der Waals surface area (Å²) in [6, 6.07) is 0. The van der Waals surface area contributed by atoms with Crippen molar-refractivity contribution in [2.75, 3.05) is 13.1 Å². The Balaban J connectivity index is 2.87. The number of rotatable bonds is 3. The van der Waals surface area contributed by atoms with Gasteiger partial charge in [0.1, 0.15) is 0 Å². The van der Waals surface area contributed by atoms with E-state index in [2.05, 4.69) is 11.9 Å². The fourth-order valence-electron chi connectivity index (χ4n) is 1.60. The quantitative estimate of drug-likeness (QED) is 0.612. The van der Waals surface area contributed by atoms with Crippen LogP contribution in [0.3, 0.4) is 0 Å². The van der Waals surface area contributed by atoms with Crippen molar-refractivity contribution in [3.63, 3.8) is 0 Å². The van der Waals surface area contributed by atoms with E-state index in [1.165, 1.54) is 26.7 Å². The normalized spacial score (nSPS) is 26.9. The fraction of sp³-hybridized carbons (Fsp3) is 0.500. The summed E-state index contributed by atoms with van der Waals surface area (Å²) in [5.41, 5.74) is 0.628. The second-order valence-corrected chi connectivity index (χ2v) is 4.02. The molecule has 0 saturated carbocycles.